The van der Waals surface area contributed by atoms with E-state index in [9.17, 15) is 21.6 Å². The SMILES string of the molecule is O=S(=O)(Oc1cccc(C2CCCCC2)c1)C(F)(F)CF. The maximum atomic E-state index is 13.0. The molecule has 0 aromatic heterocycles. The van der Waals surface area contributed by atoms with Crippen molar-refractivity contribution < 1.29 is 25.8 Å². The quantitative estimate of drug-likeness (QED) is 0.770. The Morgan fingerprint density at radius 1 is 1.19 bits per heavy atom. The summed E-state index contributed by atoms with van der Waals surface area (Å²) < 4.78 is 65.1. The smallest absolute Gasteiger partial charge is 0.378 e. The van der Waals surface area contributed by atoms with E-state index in [0.29, 0.717) is 0 Å². The Hall–Kier alpha value is -1.24. The van der Waals surface area contributed by atoms with Crippen LogP contribution in [0.3, 0.4) is 0 Å². The lowest BCUT2D eigenvalue weighted by atomic mass is 9.84. The van der Waals surface area contributed by atoms with Crippen LogP contribution in [0.2, 0.25) is 0 Å². The molecular weight excluding hydrogens is 305 g/mol. The molecule has 0 aliphatic heterocycles. The Morgan fingerprint density at radius 2 is 1.86 bits per heavy atom. The minimum atomic E-state index is -5.32. The molecule has 0 spiro atoms. The molecule has 1 saturated carbocycles. The van der Waals surface area contributed by atoms with Crippen LogP contribution in [-0.2, 0) is 10.1 Å². The summed E-state index contributed by atoms with van der Waals surface area (Å²) in [5.74, 6) is 0.0814. The molecule has 0 unspecified atom stereocenters. The fourth-order valence-corrected chi connectivity index (χ4v) is 3.12. The van der Waals surface area contributed by atoms with Crippen molar-refractivity contribution in [2.45, 2.75) is 43.3 Å². The van der Waals surface area contributed by atoms with Crippen molar-refractivity contribution >= 4 is 10.1 Å². The molecule has 0 saturated heterocycles. The second-order valence-electron chi connectivity index (χ2n) is 5.22. The van der Waals surface area contributed by atoms with Gasteiger partial charge in [-0.1, -0.05) is 31.4 Å². The molecule has 1 aliphatic carbocycles. The summed E-state index contributed by atoms with van der Waals surface area (Å²) in [5, 5.41) is -4.53. The van der Waals surface area contributed by atoms with E-state index in [1.54, 1.807) is 6.07 Å². The molecule has 1 fully saturated rings. The van der Waals surface area contributed by atoms with Crippen LogP contribution in [0.15, 0.2) is 24.3 Å². The van der Waals surface area contributed by atoms with Gasteiger partial charge in [-0.2, -0.15) is 17.2 Å². The van der Waals surface area contributed by atoms with Crippen molar-refractivity contribution in [2.75, 3.05) is 6.67 Å². The molecule has 1 aromatic rings. The van der Waals surface area contributed by atoms with Crippen LogP contribution in [0.1, 0.15) is 43.6 Å². The number of halogens is 3. The number of alkyl halides is 3. The molecule has 0 amide bonds. The van der Waals surface area contributed by atoms with Gasteiger partial charge < -0.3 is 4.18 Å². The van der Waals surface area contributed by atoms with E-state index >= 15 is 0 Å². The first kappa shape index (κ1) is 16.1. The standard InChI is InChI=1S/C14H17F3O3S/c15-10-14(16,17)21(18,19)20-13-8-4-7-12(9-13)11-5-2-1-3-6-11/h4,7-9,11H,1-3,5-6,10H2. The van der Waals surface area contributed by atoms with E-state index < -0.39 is 22.0 Å². The minimum absolute atomic E-state index is 0.203. The molecular formula is C14H17F3O3S. The predicted molar refractivity (Wildman–Crippen MR) is 72.7 cm³/mol. The summed E-state index contributed by atoms with van der Waals surface area (Å²) in [6.45, 7) is -2.31. The summed E-state index contributed by atoms with van der Waals surface area (Å²) in [6.07, 6.45) is 5.32. The van der Waals surface area contributed by atoms with E-state index in [0.717, 1.165) is 31.2 Å². The Balaban J connectivity index is 2.18. The fraction of sp³-hybridized carbons (Fsp3) is 0.571. The van der Waals surface area contributed by atoms with Crippen molar-refractivity contribution in [3.63, 3.8) is 0 Å². The highest BCUT2D eigenvalue weighted by Gasteiger charge is 2.47. The van der Waals surface area contributed by atoms with Crippen LogP contribution < -0.4 is 4.18 Å². The highest BCUT2D eigenvalue weighted by molar-refractivity contribution is 7.88. The highest BCUT2D eigenvalue weighted by atomic mass is 32.2. The topological polar surface area (TPSA) is 43.4 Å². The first-order valence-corrected chi connectivity index (χ1v) is 8.24. The third-order valence-electron chi connectivity index (χ3n) is 3.66. The molecule has 2 rings (SSSR count). The van der Waals surface area contributed by atoms with E-state index in [1.165, 1.54) is 18.6 Å². The van der Waals surface area contributed by atoms with Crippen molar-refractivity contribution in [3.05, 3.63) is 29.8 Å². The number of rotatable bonds is 5. The third-order valence-corrected chi connectivity index (χ3v) is 4.91. The highest BCUT2D eigenvalue weighted by Crippen LogP contribution is 2.34. The van der Waals surface area contributed by atoms with Gasteiger partial charge >= 0.3 is 15.4 Å². The Bertz CT molecular complexity index is 581. The van der Waals surface area contributed by atoms with Crippen molar-refractivity contribution in [3.8, 4) is 5.75 Å². The molecule has 118 valence electrons. The Morgan fingerprint density at radius 3 is 2.48 bits per heavy atom. The third kappa shape index (κ3) is 3.70. The van der Waals surface area contributed by atoms with Gasteiger partial charge in [0.2, 0.25) is 0 Å². The van der Waals surface area contributed by atoms with E-state index in [1.807, 2.05) is 6.07 Å². The summed E-state index contributed by atoms with van der Waals surface area (Å²) in [6, 6.07) is 6.10. The summed E-state index contributed by atoms with van der Waals surface area (Å²) in [4.78, 5) is 0. The second-order valence-corrected chi connectivity index (χ2v) is 6.89. The molecule has 7 heteroatoms. The first-order valence-electron chi connectivity index (χ1n) is 6.83. The van der Waals surface area contributed by atoms with E-state index in [2.05, 4.69) is 4.18 Å². The number of hydrogen-bond acceptors (Lipinski definition) is 3. The molecule has 0 atom stereocenters. The van der Waals surface area contributed by atoms with Gasteiger partial charge in [0.05, 0.1) is 0 Å². The zero-order valence-corrected chi connectivity index (χ0v) is 12.2. The molecule has 0 heterocycles. The molecule has 21 heavy (non-hydrogen) atoms. The number of hydrogen-bond donors (Lipinski definition) is 0. The monoisotopic (exact) mass is 322 g/mol. The summed E-state index contributed by atoms with van der Waals surface area (Å²) in [7, 11) is -5.32. The van der Waals surface area contributed by atoms with Crippen molar-refractivity contribution in [2.24, 2.45) is 0 Å². The average Bonchev–Trinajstić information content (AvgIpc) is 2.48. The van der Waals surface area contributed by atoms with Crippen LogP contribution in [0, 0.1) is 0 Å². The summed E-state index contributed by atoms with van der Waals surface area (Å²) in [5.41, 5.74) is 0.867. The Labute approximate surface area is 122 Å². The molecule has 0 radical (unpaired) electrons. The lowest BCUT2D eigenvalue weighted by Crippen LogP contribution is -2.34. The molecule has 1 aliphatic rings. The van der Waals surface area contributed by atoms with Gasteiger partial charge in [0, 0.05) is 0 Å². The fourth-order valence-electron chi connectivity index (χ4n) is 2.51. The van der Waals surface area contributed by atoms with Crippen molar-refractivity contribution in [1.29, 1.82) is 0 Å². The van der Waals surface area contributed by atoms with Crippen molar-refractivity contribution in [1.82, 2.24) is 0 Å². The zero-order chi connectivity index (χ0) is 15.5. The zero-order valence-electron chi connectivity index (χ0n) is 11.4. The average molecular weight is 322 g/mol. The van der Waals surface area contributed by atoms with Gasteiger partial charge in [-0.05, 0) is 36.5 Å². The van der Waals surface area contributed by atoms with Crippen LogP contribution in [-0.4, -0.2) is 20.3 Å². The lowest BCUT2D eigenvalue weighted by molar-refractivity contribution is 0.0538. The largest absolute Gasteiger partial charge is 0.407 e. The normalized spacial score (nSPS) is 17.7. The van der Waals surface area contributed by atoms with Crippen LogP contribution >= 0.6 is 0 Å². The summed E-state index contributed by atoms with van der Waals surface area (Å²) >= 11 is 0. The minimum Gasteiger partial charge on any atom is -0.378 e. The molecule has 3 nitrogen and oxygen atoms in total. The second kappa shape index (κ2) is 6.25. The van der Waals surface area contributed by atoms with Crippen LogP contribution in [0.4, 0.5) is 13.2 Å². The number of benzene rings is 1. The van der Waals surface area contributed by atoms with Gasteiger partial charge in [0.15, 0.2) is 6.67 Å². The maximum Gasteiger partial charge on any atom is 0.407 e. The van der Waals surface area contributed by atoms with Crippen LogP contribution in [0.5, 0.6) is 5.75 Å². The van der Waals surface area contributed by atoms with Gasteiger partial charge in [-0.15, -0.1) is 0 Å². The lowest BCUT2D eigenvalue weighted by Gasteiger charge is -2.22. The van der Waals surface area contributed by atoms with Crippen LogP contribution in [0.25, 0.3) is 0 Å². The van der Waals surface area contributed by atoms with E-state index in [4.69, 9.17) is 0 Å². The van der Waals surface area contributed by atoms with Gasteiger partial charge in [-0.3, -0.25) is 0 Å². The Kier molecular flexibility index (Phi) is 4.81. The first-order chi connectivity index (χ1) is 9.86. The predicted octanol–water partition coefficient (Wildman–Crippen LogP) is 4.01. The van der Waals surface area contributed by atoms with Gasteiger partial charge in [-0.25, -0.2) is 4.39 Å². The molecule has 0 N–H and O–H groups in total. The molecule has 0 bridgehead atoms. The van der Waals surface area contributed by atoms with Gasteiger partial charge in [0.25, 0.3) is 0 Å². The maximum absolute atomic E-state index is 13.0. The molecule has 1 aromatic carbocycles. The van der Waals surface area contributed by atoms with Gasteiger partial charge in [0.1, 0.15) is 5.75 Å². The van der Waals surface area contributed by atoms with E-state index in [-0.39, 0.29) is 11.7 Å².